The molecule has 84 valence electrons. The molecule has 0 atom stereocenters. The Hall–Kier alpha value is -1.96. The van der Waals surface area contributed by atoms with Gasteiger partial charge in [0.05, 0.1) is 17.2 Å². The van der Waals surface area contributed by atoms with Crippen molar-refractivity contribution in [2.45, 2.75) is 19.8 Å². The van der Waals surface area contributed by atoms with Crippen LogP contribution >= 0.6 is 0 Å². The molecule has 0 unspecified atom stereocenters. The van der Waals surface area contributed by atoms with Crippen LogP contribution in [0.2, 0.25) is 0 Å². The van der Waals surface area contributed by atoms with E-state index in [1.54, 1.807) is 13.0 Å². The van der Waals surface area contributed by atoms with Gasteiger partial charge in [-0.05, 0) is 24.1 Å². The third-order valence-corrected chi connectivity index (χ3v) is 2.22. The fraction of sp³-hybridized carbons (Fsp3) is 0.273. The van der Waals surface area contributed by atoms with Gasteiger partial charge >= 0.3 is 5.97 Å². The lowest BCUT2D eigenvalue weighted by Gasteiger charge is -2.09. The molecule has 0 aliphatic heterocycles. The summed E-state index contributed by atoms with van der Waals surface area (Å²) in [7, 11) is 0. The number of nitrogens with zero attached hydrogens (tertiary/aromatic N) is 1. The highest BCUT2D eigenvalue weighted by molar-refractivity contribution is 5.90. The first kappa shape index (κ1) is 12.1. The number of alkyl halides is 2. The number of aryl methyl sites for hydroxylation is 1. The molecule has 0 aromatic heterocycles. The van der Waals surface area contributed by atoms with Gasteiger partial charge in [-0.15, -0.1) is 0 Å². The molecule has 1 aromatic rings. The van der Waals surface area contributed by atoms with Crippen molar-refractivity contribution in [2.75, 3.05) is 0 Å². The van der Waals surface area contributed by atoms with Crippen LogP contribution in [0.5, 0.6) is 0 Å². The molecule has 5 heteroatoms. The molecule has 0 saturated heterocycles. The Labute approximate surface area is 90.9 Å². The summed E-state index contributed by atoms with van der Waals surface area (Å²) in [6, 6.07) is 4.09. The standard InChI is InChI=1S/C11H9F2NO2/c1-2-6-3-7(5-14)9(10(12)13)8(4-6)11(15)16/h3-4,10H,2H2,1H3,(H,15,16). The average molecular weight is 225 g/mol. The predicted molar refractivity (Wildman–Crippen MR) is 52.5 cm³/mol. The van der Waals surface area contributed by atoms with Crippen LogP contribution in [-0.4, -0.2) is 11.1 Å². The summed E-state index contributed by atoms with van der Waals surface area (Å²) in [5.41, 5.74) is -0.914. The fourth-order valence-corrected chi connectivity index (χ4v) is 1.42. The van der Waals surface area contributed by atoms with Crippen molar-refractivity contribution in [3.63, 3.8) is 0 Å². The number of rotatable bonds is 3. The highest BCUT2D eigenvalue weighted by Crippen LogP contribution is 2.28. The maximum atomic E-state index is 12.7. The van der Waals surface area contributed by atoms with Gasteiger partial charge in [0.2, 0.25) is 0 Å². The van der Waals surface area contributed by atoms with E-state index < -0.39 is 23.5 Å². The van der Waals surface area contributed by atoms with E-state index in [0.717, 1.165) is 0 Å². The van der Waals surface area contributed by atoms with E-state index in [9.17, 15) is 13.6 Å². The summed E-state index contributed by atoms with van der Waals surface area (Å²) in [4.78, 5) is 10.8. The van der Waals surface area contributed by atoms with E-state index in [4.69, 9.17) is 10.4 Å². The van der Waals surface area contributed by atoms with Gasteiger partial charge in [0.15, 0.2) is 0 Å². The highest BCUT2D eigenvalue weighted by Gasteiger charge is 2.22. The number of nitriles is 1. The Morgan fingerprint density at radius 2 is 2.19 bits per heavy atom. The van der Waals surface area contributed by atoms with Crippen molar-refractivity contribution in [3.05, 3.63) is 34.4 Å². The van der Waals surface area contributed by atoms with Crippen molar-refractivity contribution < 1.29 is 18.7 Å². The van der Waals surface area contributed by atoms with Gasteiger partial charge in [-0.25, -0.2) is 13.6 Å². The molecule has 0 radical (unpaired) electrons. The normalized spacial score (nSPS) is 10.2. The van der Waals surface area contributed by atoms with Crippen molar-refractivity contribution in [1.82, 2.24) is 0 Å². The quantitative estimate of drug-likeness (QED) is 0.860. The summed E-state index contributed by atoms with van der Waals surface area (Å²) < 4.78 is 25.3. The van der Waals surface area contributed by atoms with E-state index in [1.165, 1.54) is 12.1 Å². The van der Waals surface area contributed by atoms with Crippen molar-refractivity contribution in [2.24, 2.45) is 0 Å². The average Bonchev–Trinajstić information content (AvgIpc) is 2.26. The lowest BCUT2D eigenvalue weighted by Crippen LogP contribution is -2.07. The molecule has 0 aliphatic rings. The van der Waals surface area contributed by atoms with Gasteiger partial charge in [-0.2, -0.15) is 5.26 Å². The molecule has 0 bridgehead atoms. The second kappa shape index (κ2) is 4.71. The van der Waals surface area contributed by atoms with Gasteiger partial charge < -0.3 is 5.11 Å². The molecule has 1 aromatic carbocycles. The summed E-state index contributed by atoms with van der Waals surface area (Å²) in [5, 5.41) is 17.5. The summed E-state index contributed by atoms with van der Waals surface area (Å²) >= 11 is 0. The first-order valence-electron chi connectivity index (χ1n) is 4.59. The summed E-state index contributed by atoms with van der Waals surface area (Å²) in [6.07, 6.45) is -2.48. The molecular weight excluding hydrogens is 216 g/mol. The lowest BCUT2D eigenvalue weighted by molar-refractivity contribution is 0.0684. The van der Waals surface area contributed by atoms with Gasteiger partial charge in [0.25, 0.3) is 6.43 Å². The lowest BCUT2D eigenvalue weighted by atomic mass is 9.97. The number of carboxylic acid groups (broad SMARTS) is 1. The van der Waals surface area contributed by atoms with Crippen LogP contribution in [0.3, 0.4) is 0 Å². The van der Waals surface area contributed by atoms with Crippen LogP contribution in [0.1, 0.15) is 40.4 Å². The molecule has 0 saturated carbocycles. The van der Waals surface area contributed by atoms with Crippen LogP contribution in [0, 0.1) is 11.3 Å². The van der Waals surface area contributed by atoms with Crippen LogP contribution in [-0.2, 0) is 6.42 Å². The van der Waals surface area contributed by atoms with Gasteiger partial charge in [0, 0.05) is 5.56 Å². The Morgan fingerprint density at radius 1 is 1.56 bits per heavy atom. The maximum absolute atomic E-state index is 12.7. The Bertz CT molecular complexity index is 464. The van der Waals surface area contributed by atoms with Crippen LogP contribution in [0.25, 0.3) is 0 Å². The topological polar surface area (TPSA) is 61.1 Å². The summed E-state index contributed by atoms with van der Waals surface area (Å²) in [6.45, 7) is 1.75. The van der Waals surface area contributed by atoms with E-state index >= 15 is 0 Å². The number of carboxylic acids is 1. The van der Waals surface area contributed by atoms with E-state index in [-0.39, 0.29) is 5.56 Å². The smallest absolute Gasteiger partial charge is 0.336 e. The van der Waals surface area contributed by atoms with Gasteiger partial charge in [0.1, 0.15) is 0 Å². The number of hydrogen-bond acceptors (Lipinski definition) is 2. The minimum Gasteiger partial charge on any atom is -0.478 e. The van der Waals surface area contributed by atoms with Gasteiger partial charge in [-0.1, -0.05) is 6.92 Å². The maximum Gasteiger partial charge on any atom is 0.336 e. The number of carbonyl (C=O) groups is 1. The Morgan fingerprint density at radius 3 is 2.56 bits per heavy atom. The SMILES string of the molecule is CCc1cc(C#N)c(C(F)F)c(C(=O)O)c1. The zero-order chi connectivity index (χ0) is 12.3. The number of halogens is 2. The molecule has 0 amide bonds. The zero-order valence-electron chi connectivity index (χ0n) is 8.50. The van der Waals surface area contributed by atoms with Crippen molar-refractivity contribution >= 4 is 5.97 Å². The fourth-order valence-electron chi connectivity index (χ4n) is 1.42. The minimum absolute atomic E-state index is 0.272. The minimum atomic E-state index is -2.97. The van der Waals surface area contributed by atoms with Crippen molar-refractivity contribution in [3.8, 4) is 6.07 Å². The van der Waals surface area contributed by atoms with E-state index in [1.807, 2.05) is 0 Å². The van der Waals surface area contributed by atoms with Crippen molar-refractivity contribution in [1.29, 1.82) is 5.26 Å². The molecule has 1 rings (SSSR count). The van der Waals surface area contributed by atoms with Crippen LogP contribution < -0.4 is 0 Å². The van der Waals surface area contributed by atoms with Crippen LogP contribution in [0.4, 0.5) is 8.78 Å². The van der Waals surface area contributed by atoms with E-state index in [0.29, 0.717) is 12.0 Å². The largest absolute Gasteiger partial charge is 0.478 e. The second-order valence-electron chi connectivity index (χ2n) is 3.18. The molecule has 0 fully saturated rings. The highest BCUT2D eigenvalue weighted by atomic mass is 19.3. The first-order valence-corrected chi connectivity index (χ1v) is 4.59. The molecule has 16 heavy (non-hydrogen) atoms. The third kappa shape index (κ3) is 2.16. The molecule has 3 nitrogen and oxygen atoms in total. The third-order valence-electron chi connectivity index (χ3n) is 2.22. The second-order valence-corrected chi connectivity index (χ2v) is 3.18. The van der Waals surface area contributed by atoms with Gasteiger partial charge in [-0.3, -0.25) is 0 Å². The predicted octanol–water partition coefficient (Wildman–Crippen LogP) is 2.76. The monoisotopic (exact) mass is 225 g/mol. The molecular formula is C11H9F2NO2. The molecule has 1 N–H and O–H groups in total. The molecule has 0 aliphatic carbocycles. The van der Waals surface area contributed by atoms with E-state index in [2.05, 4.69) is 0 Å². The Balaban J connectivity index is 3.55. The Kier molecular flexibility index (Phi) is 3.56. The van der Waals surface area contributed by atoms with Crippen LogP contribution in [0.15, 0.2) is 12.1 Å². The summed E-state index contributed by atoms with van der Waals surface area (Å²) in [5.74, 6) is -1.44. The number of hydrogen-bond donors (Lipinski definition) is 1. The number of benzene rings is 1. The zero-order valence-corrected chi connectivity index (χ0v) is 8.50. The molecule has 0 heterocycles. The number of aromatic carboxylic acids is 1. The first-order chi connectivity index (χ1) is 7.51. The molecule has 0 spiro atoms.